The summed E-state index contributed by atoms with van der Waals surface area (Å²) in [5, 5.41) is 3.86. The number of hydrogen-bond acceptors (Lipinski definition) is 2. The summed E-state index contributed by atoms with van der Waals surface area (Å²) in [4.78, 5) is 5.07. The molecule has 0 aromatic heterocycles. The lowest BCUT2D eigenvalue weighted by Gasteiger charge is -2.00. The Kier molecular flexibility index (Phi) is 4.03. The molecule has 0 spiro atoms. The third kappa shape index (κ3) is 4.31. The van der Waals surface area contributed by atoms with Gasteiger partial charge in [0.1, 0.15) is 6.61 Å². The topological polar surface area (TPSA) is 21.6 Å². The Hall–Kier alpha value is -1.31. The fourth-order valence-electron chi connectivity index (χ4n) is 0.829. The molecule has 0 aliphatic rings. The van der Waals surface area contributed by atoms with Crippen LogP contribution >= 0.6 is 0 Å². The molecule has 2 heteroatoms. The van der Waals surface area contributed by atoms with Gasteiger partial charge in [-0.25, -0.2) is 0 Å². The van der Waals surface area contributed by atoms with Crippen LogP contribution in [0.1, 0.15) is 19.4 Å². The van der Waals surface area contributed by atoms with Crippen LogP contribution in [0.5, 0.6) is 0 Å². The molecule has 70 valence electrons. The summed E-state index contributed by atoms with van der Waals surface area (Å²) < 4.78 is 0. The normalized spacial score (nSPS) is 11.0. The van der Waals surface area contributed by atoms with Gasteiger partial charge < -0.3 is 4.84 Å². The van der Waals surface area contributed by atoms with Crippen molar-refractivity contribution in [1.82, 2.24) is 0 Å². The van der Waals surface area contributed by atoms with Crippen molar-refractivity contribution < 1.29 is 4.84 Å². The average molecular weight is 177 g/mol. The maximum Gasteiger partial charge on any atom is 0.119 e. The van der Waals surface area contributed by atoms with E-state index < -0.39 is 0 Å². The minimum atomic E-state index is 0.521. The zero-order chi connectivity index (χ0) is 9.52. The van der Waals surface area contributed by atoms with Crippen LogP contribution in [0.2, 0.25) is 0 Å². The first kappa shape index (κ1) is 9.78. The number of rotatable bonds is 4. The van der Waals surface area contributed by atoms with Gasteiger partial charge in [0.15, 0.2) is 0 Å². The molecule has 0 radical (unpaired) electrons. The van der Waals surface area contributed by atoms with Crippen LogP contribution in [0.3, 0.4) is 0 Å². The minimum absolute atomic E-state index is 0.521. The number of oxime groups is 1. The SMILES string of the molecule is CC(C)CON=Cc1ccccc1. The van der Waals surface area contributed by atoms with Crippen molar-refractivity contribution in [2.75, 3.05) is 6.61 Å². The quantitative estimate of drug-likeness (QED) is 0.512. The lowest BCUT2D eigenvalue weighted by molar-refractivity contribution is 0.120. The molecule has 0 unspecified atom stereocenters. The Bertz CT molecular complexity index is 254. The molecule has 0 amide bonds. The summed E-state index contributed by atoms with van der Waals surface area (Å²) in [6, 6.07) is 9.91. The molecule has 2 nitrogen and oxygen atoms in total. The van der Waals surface area contributed by atoms with E-state index in [4.69, 9.17) is 4.84 Å². The van der Waals surface area contributed by atoms with Crippen LogP contribution in [0.4, 0.5) is 0 Å². The minimum Gasteiger partial charge on any atom is -0.396 e. The van der Waals surface area contributed by atoms with Gasteiger partial charge in [-0.2, -0.15) is 0 Å². The van der Waals surface area contributed by atoms with Gasteiger partial charge in [-0.1, -0.05) is 49.3 Å². The van der Waals surface area contributed by atoms with Crippen molar-refractivity contribution in [1.29, 1.82) is 0 Å². The first-order chi connectivity index (χ1) is 6.29. The second-order valence-corrected chi connectivity index (χ2v) is 3.33. The summed E-state index contributed by atoms with van der Waals surface area (Å²) in [7, 11) is 0. The van der Waals surface area contributed by atoms with Gasteiger partial charge >= 0.3 is 0 Å². The second-order valence-electron chi connectivity index (χ2n) is 3.33. The molecular formula is C11H15NO. The third-order valence-electron chi connectivity index (χ3n) is 1.48. The Labute approximate surface area is 79.2 Å². The van der Waals surface area contributed by atoms with Gasteiger partial charge in [0.25, 0.3) is 0 Å². The lowest BCUT2D eigenvalue weighted by atomic mass is 10.2. The van der Waals surface area contributed by atoms with E-state index in [9.17, 15) is 0 Å². The summed E-state index contributed by atoms with van der Waals surface area (Å²) in [6.07, 6.45) is 1.72. The molecule has 0 heterocycles. The van der Waals surface area contributed by atoms with E-state index in [1.165, 1.54) is 0 Å². The molecule has 0 saturated carbocycles. The van der Waals surface area contributed by atoms with E-state index in [1.807, 2.05) is 30.3 Å². The Morgan fingerprint density at radius 2 is 2.00 bits per heavy atom. The highest BCUT2D eigenvalue weighted by atomic mass is 16.6. The summed E-state index contributed by atoms with van der Waals surface area (Å²) in [6.45, 7) is 4.86. The van der Waals surface area contributed by atoms with Crippen LogP contribution in [0.25, 0.3) is 0 Å². The van der Waals surface area contributed by atoms with E-state index in [-0.39, 0.29) is 0 Å². The molecule has 13 heavy (non-hydrogen) atoms. The predicted octanol–water partition coefficient (Wildman–Crippen LogP) is 2.69. The first-order valence-electron chi connectivity index (χ1n) is 4.49. The van der Waals surface area contributed by atoms with Gasteiger partial charge in [0.2, 0.25) is 0 Å². The average Bonchev–Trinajstić information content (AvgIpc) is 2.14. The van der Waals surface area contributed by atoms with Crippen LogP contribution in [0.15, 0.2) is 35.5 Å². The van der Waals surface area contributed by atoms with Gasteiger partial charge in [0.05, 0.1) is 6.21 Å². The van der Waals surface area contributed by atoms with Gasteiger partial charge in [0, 0.05) is 0 Å². The van der Waals surface area contributed by atoms with Crippen molar-refractivity contribution in [3.63, 3.8) is 0 Å². The zero-order valence-corrected chi connectivity index (χ0v) is 8.10. The number of hydrogen-bond donors (Lipinski definition) is 0. The van der Waals surface area contributed by atoms with Crippen molar-refractivity contribution >= 4 is 6.21 Å². The highest BCUT2D eigenvalue weighted by molar-refractivity contribution is 5.78. The molecular weight excluding hydrogens is 162 g/mol. The monoisotopic (exact) mass is 177 g/mol. The van der Waals surface area contributed by atoms with Crippen molar-refractivity contribution in [3.05, 3.63) is 35.9 Å². The lowest BCUT2D eigenvalue weighted by Crippen LogP contribution is -1.97. The summed E-state index contributed by atoms with van der Waals surface area (Å²) in [5.41, 5.74) is 1.06. The molecule has 0 bridgehead atoms. The van der Waals surface area contributed by atoms with Crippen LogP contribution in [0, 0.1) is 5.92 Å². The van der Waals surface area contributed by atoms with Crippen molar-refractivity contribution in [3.8, 4) is 0 Å². The molecule has 0 N–H and O–H groups in total. The van der Waals surface area contributed by atoms with Gasteiger partial charge in [-0.05, 0) is 11.5 Å². The largest absolute Gasteiger partial charge is 0.396 e. The van der Waals surface area contributed by atoms with Crippen LogP contribution in [-0.4, -0.2) is 12.8 Å². The molecule has 0 aliphatic heterocycles. The van der Waals surface area contributed by atoms with Gasteiger partial charge in [-0.15, -0.1) is 0 Å². The number of nitrogens with zero attached hydrogens (tertiary/aromatic N) is 1. The molecule has 1 rings (SSSR count). The Balaban J connectivity index is 2.33. The molecule has 1 aromatic rings. The van der Waals surface area contributed by atoms with E-state index in [2.05, 4.69) is 19.0 Å². The summed E-state index contributed by atoms with van der Waals surface area (Å²) >= 11 is 0. The predicted molar refractivity (Wildman–Crippen MR) is 54.8 cm³/mol. The van der Waals surface area contributed by atoms with Gasteiger partial charge in [-0.3, -0.25) is 0 Å². The maximum absolute atomic E-state index is 5.07. The van der Waals surface area contributed by atoms with Crippen molar-refractivity contribution in [2.45, 2.75) is 13.8 Å². The smallest absolute Gasteiger partial charge is 0.119 e. The number of benzene rings is 1. The first-order valence-corrected chi connectivity index (χ1v) is 4.49. The summed E-state index contributed by atoms with van der Waals surface area (Å²) in [5.74, 6) is 0.521. The second kappa shape index (κ2) is 5.36. The molecule has 0 aliphatic carbocycles. The van der Waals surface area contributed by atoms with Crippen molar-refractivity contribution in [2.24, 2.45) is 11.1 Å². The van der Waals surface area contributed by atoms with E-state index in [0.29, 0.717) is 12.5 Å². The van der Waals surface area contributed by atoms with E-state index in [1.54, 1.807) is 6.21 Å². The van der Waals surface area contributed by atoms with E-state index in [0.717, 1.165) is 5.56 Å². The molecule has 0 fully saturated rings. The molecule has 1 aromatic carbocycles. The third-order valence-corrected chi connectivity index (χ3v) is 1.48. The fraction of sp³-hybridized carbons (Fsp3) is 0.364. The standard InChI is InChI=1S/C11H15NO/c1-10(2)9-13-12-8-11-6-4-3-5-7-11/h3-8,10H,9H2,1-2H3. The Morgan fingerprint density at radius 3 is 2.62 bits per heavy atom. The highest BCUT2D eigenvalue weighted by Crippen LogP contribution is 1.96. The fourth-order valence-corrected chi connectivity index (χ4v) is 0.829. The highest BCUT2D eigenvalue weighted by Gasteiger charge is 1.90. The zero-order valence-electron chi connectivity index (χ0n) is 8.10. The Morgan fingerprint density at radius 1 is 1.31 bits per heavy atom. The van der Waals surface area contributed by atoms with Crippen LogP contribution < -0.4 is 0 Å². The van der Waals surface area contributed by atoms with E-state index >= 15 is 0 Å². The molecule has 0 saturated heterocycles. The maximum atomic E-state index is 5.07. The van der Waals surface area contributed by atoms with Crippen LogP contribution in [-0.2, 0) is 4.84 Å². The molecule has 0 atom stereocenters.